The summed E-state index contributed by atoms with van der Waals surface area (Å²) in [4.78, 5) is 11.0. The summed E-state index contributed by atoms with van der Waals surface area (Å²) < 4.78 is 32.9. The van der Waals surface area contributed by atoms with E-state index in [4.69, 9.17) is 9.84 Å². The van der Waals surface area contributed by atoms with Crippen LogP contribution in [0.3, 0.4) is 0 Å². The first-order valence-electron chi connectivity index (χ1n) is 7.98. The van der Waals surface area contributed by atoms with Gasteiger partial charge in [0.2, 0.25) is 0 Å². The van der Waals surface area contributed by atoms with Gasteiger partial charge in [0.25, 0.3) is 10.0 Å². The minimum atomic E-state index is -3.83. The quantitative estimate of drug-likeness (QED) is 0.740. The number of para-hydroxylation sites is 2. The molecule has 0 aliphatic carbocycles. The number of nitrogens with zero attached hydrogens (tertiary/aromatic N) is 1. The van der Waals surface area contributed by atoms with Crippen LogP contribution in [-0.4, -0.2) is 32.6 Å². The van der Waals surface area contributed by atoms with Crippen LogP contribution in [0.2, 0.25) is 0 Å². The summed E-state index contributed by atoms with van der Waals surface area (Å²) in [5.74, 6) is -0.519. The van der Waals surface area contributed by atoms with Crippen molar-refractivity contribution in [1.29, 1.82) is 0 Å². The smallest absolute Gasteiger partial charge is 0.303 e. The van der Waals surface area contributed by atoms with Gasteiger partial charge in [-0.05, 0) is 37.6 Å². The number of carboxylic acids is 1. The van der Waals surface area contributed by atoms with Crippen molar-refractivity contribution in [2.45, 2.75) is 24.7 Å². The van der Waals surface area contributed by atoms with E-state index in [1.807, 2.05) is 6.92 Å². The number of hydrogen-bond acceptors (Lipinski definition) is 4. The van der Waals surface area contributed by atoms with Crippen LogP contribution >= 0.6 is 0 Å². The zero-order valence-electron chi connectivity index (χ0n) is 14.0. The van der Waals surface area contributed by atoms with E-state index in [1.165, 1.54) is 16.4 Å². The molecule has 0 aliphatic heterocycles. The summed E-state index contributed by atoms with van der Waals surface area (Å²) >= 11 is 0. The third-order valence-corrected chi connectivity index (χ3v) is 5.34. The van der Waals surface area contributed by atoms with Gasteiger partial charge in [-0.2, -0.15) is 0 Å². The number of hydrogen-bond donors (Lipinski definition) is 1. The Balaban J connectivity index is 2.45. The predicted molar refractivity (Wildman–Crippen MR) is 95.5 cm³/mol. The van der Waals surface area contributed by atoms with Gasteiger partial charge >= 0.3 is 5.97 Å². The van der Waals surface area contributed by atoms with Crippen LogP contribution in [-0.2, 0) is 14.8 Å². The van der Waals surface area contributed by atoms with Gasteiger partial charge < -0.3 is 9.84 Å². The minimum Gasteiger partial charge on any atom is -0.492 e. The second kappa shape index (κ2) is 8.53. The molecule has 0 radical (unpaired) electrons. The second-order valence-electron chi connectivity index (χ2n) is 5.29. The second-order valence-corrected chi connectivity index (χ2v) is 7.15. The van der Waals surface area contributed by atoms with Gasteiger partial charge in [0, 0.05) is 13.0 Å². The molecule has 6 nitrogen and oxygen atoms in total. The Labute approximate surface area is 147 Å². The molecule has 134 valence electrons. The maximum Gasteiger partial charge on any atom is 0.303 e. The number of benzene rings is 2. The van der Waals surface area contributed by atoms with E-state index in [0.717, 1.165) is 0 Å². The van der Waals surface area contributed by atoms with Crippen molar-refractivity contribution in [3.63, 3.8) is 0 Å². The Morgan fingerprint density at radius 3 is 2.36 bits per heavy atom. The normalized spacial score (nSPS) is 11.1. The van der Waals surface area contributed by atoms with E-state index in [1.54, 1.807) is 42.5 Å². The molecular weight excluding hydrogens is 342 g/mol. The van der Waals surface area contributed by atoms with E-state index in [-0.39, 0.29) is 24.3 Å². The fraction of sp³-hybridized carbons (Fsp3) is 0.278. The molecule has 7 heteroatoms. The van der Waals surface area contributed by atoms with Gasteiger partial charge in [0.1, 0.15) is 5.75 Å². The monoisotopic (exact) mass is 363 g/mol. The van der Waals surface area contributed by atoms with Crippen molar-refractivity contribution in [2.75, 3.05) is 17.5 Å². The summed E-state index contributed by atoms with van der Waals surface area (Å²) in [6, 6.07) is 14.9. The number of rotatable bonds is 9. The Morgan fingerprint density at radius 1 is 1.08 bits per heavy atom. The maximum absolute atomic E-state index is 13.1. The van der Waals surface area contributed by atoms with E-state index >= 15 is 0 Å². The first kappa shape index (κ1) is 18.8. The molecule has 0 unspecified atom stereocenters. The first-order valence-corrected chi connectivity index (χ1v) is 9.42. The summed E-state index contributed by atoms with van der Waals surface area (Å²) in [7, 11) is -3.83. The molecule has 0 fully saturated rings. The fourth-order valence-corrected chi connectivity index (χ4v) is 3.94. The topological polar surface area (TPSA) is 83.9 Å². The lowest BCUT2D eigenvalue weighted by Gasteiger charge is -2.26. The molecule has 1 N–H and O–H groups in total. The number of aliphatic carboxylic acids is 1. The van der Waals surface area contributed by atoms with Crippen molar-refractivity contribution < 1.29 is 23.1 Å². The maximum atomic E-state index is 13.1. The van der Waals surface area contributed by atoms with Crippen molar-refractivity contribution in [2.24, 2.45) is 0 Å². The Bertz CT molecular complexity index is 805. The Hall–Kier alpha value is -2.54. The van der Waals surface area contributed by atoms with Crippen molar-refractivity contribution in [3.8, 4) is 5.75 Å². The van der Waals surface area contributed by atoms with Crippen molar-refractivity contribution in [1.82, 2.24) is 0 Å². The molecule has 0 amide bonds. The number of carbonyl (C=O) groups is 1. The van der Waals surface area contributed by atoms with Crippen LogP contribution in [0.15, 0.2) is 59.5 Å². The molecule has 0 atom stereocenters. The number of sulfonamides is 1. The molecule has 0 heterocycles. The van der Waals surface area contributed by atoms with Gasteiger partial charge in [0.15, 0.2) is 0 Å². The molecular formula is C18H21NO5S. The number of anilines is 1. The number of ether oxygens (including phenoxy) is 1. The van der Waals surface area contributed by atoms with Crippen LogP contribution in [0.4, 0.5) is 5.69 Å². The van der Waals surface area contributed by atoms with Crippen molar-refractivity contribution >= 4 is 21.7 Å². The van der Waals surface area contributed by atoms with E-state index in [0.29, 0.717) is 18.0 Å². The van der Waals surface area contributed by atoms with E-state index < -0.39 is 16.0 Å². The lowest BCUT2D eigenvalue weighted by atomic mass is 10.2. The standard InChI is InChI=1S/C18H21NO5S/c1-2-24-17-12-7-6-11-16(17)19(14-8-13-18(20)21)25(22,23)15-9-4-3-5-10-15/h3-7,9-12H,2,8,13-14H2,1H3,(H,20,21). The fourth-order valence-electron chi connectivity index (χ4n) is 2.40. The van der Waals surface area contributed by atoms with Gasteiger partial charge in [0.05, 0.1) is 17.2 Å². The van der Waals surface area contributed by atoms with Gasteiger partial charge in [-0.25, -0.2) is 8.42 Å². The SMILES string of the molecule is CCOc1ccccc1N(CCCC(=O)O)S(=O)(=O)c1ccccc1. The zero-order chi connectivity index (χ0) is 18.3. The van der Waals surface area contributed by atoms with Crippen LogP contribution in [0.25, 0.3) is 0 Å². The van der Waals surface area contributed by atoms with Crippen LogP contribution in [0.5, 0.6) is 5.75 Å². The molecule has 0 spiro atoms. The summed E-state index contributed by atoms with van der Waals surface area (Å²) in [5.41, 5.74) is 0.401. The summed E-state index contributed by atoms with van der Waals surface area (Å²) in [5, 5.41) is 8.86. The lowest BCUT2D eigenvalue weighted by molar-refractivity contribution is -0.137. The highest BCUT2D eigenvalue weighted by Crippen LogP contribution is 2.32. The molecule has 0 saturated heterocycles. The van der Waals surface area contributed by atoms with Gasteiger partial charge in [-0.15, -0.1) is 0 Å². The first-order chi connectivity index (χ1) is 12.0. The zero-order valence-corrected chi connectivity index (χ0v) is 14.8. The third-order valence-electron chi connectivity index (χ3n) is 3.52. The molecule has 0 aromatic heterocycles. The molecule has 2 aromatic rings. The van der Waals surface area contributed by atoms with Gasteiger partial charge in [-0.1, -0.05) is 30.3 Å². The average molecular weight is 363 g/mol. The molecule has 0 saturated carbocycles. The lowest BCUT2D eigenvalue weighted by Crippen LogP contribution is -2.32. The average Bonchev–Trinajstić information content (AvgIpc) is 2.60. The van der Waals surface area contributed by atoms with Crippen molar-refractivity contribution in [3.05, 3.63) is 54.6 Å². The van der Waals surface area contributed by atoms with E-state index in [9.17, 15) is 13.2 Å². The molecule has 2 aromatic carbocycles. The van der Waals surface area contributed by atoms with Gasteiger partial charge in [-0.3, -0.25) is 9.10 Å². The van der Waals surface area contributed by atoms with Crippen LogP contribution in [0.1, 0.15) is 19.8 Å². The van der Waals surface area contributed by atoms with E-state index in [2.05, 4.69) is 0 Å². The molecule has 0 bridgehead atoms. The predicted octanol–water partition coefficient (Wildman–Crippen LogP) is 3.15. The third kappa shape index (κ3) is 4.73. The van der Waals surface area contributed by atoms with Crippen LogP contribution < -0.4 is 9.04 Å². The highest BCUT2D eigenvalue weighted by Gasteiger charge is 2.27. The number of carboxylic acid groups (broad SMARTS) is 1. The molecule has 2 rings (SSSR count). The molecule has 25 heavy (non-hydrogen) atoms. The van der Waals surface area contributed by atoms with Crippen LogP contribution in [0, 0.1) is 0 Å². The highest BCUT2D eigenvalue weighted by molar-refractivity contribution is 7.92. The summed E-state index contributed by atoms with van der Waals surface area (Å²) in [6.07, 6.45) is 0.0828. The largest absolute Gasteiger partial charge is 0.492 e. The Kier molecular flexibility index (Phi) is 6.41. The molecule has 0 aliphatic rings. The Morgan fingerprint density at radius 2 is 1.72 bits per heavy atom. The highest BCUT2D eigenvalue weighted by atomic mass is 32.2. The minimum absolute atomic E-state index is 0.0492. The summed E-state index contributed by atoms with van der Waals surface area (Å²) in [6.45, 7) is 2.26.